The topological polar surface area (TPSA) is 46.3 Å². The summed E-state index contributed by atoms with van der Waals surface area (Å²) >= 11 is 3.23. The molecule has 2 aromatic rings. The molecular formula is C11H10BrNO2. The lowest BCUT2D eigenvalue weighted by atomic mass is 10.1. The number of aryl methyl sites for hydroxylation is 1. The summed E-state index contributed by atoms with van der Waals surface area (Å²) in [4.78, 5) is 4.13. The summed E-state index contributed by atoms with van der Waals surface area (Å²) in [6, 6.07) is 5.45. The van der Waals surface area contributed by atoms with E-state index in [4.69, 9.17) is 4.42 Å². The Morgan fingerprint density at radius 3 is 2.73 bits per heavy atom. The minimum atomic E-state index is -0.703. The monoisotopic (exact) mass is 267 g/mol. The predicted octanol–water partition coefficient (Wildman–Crippen LogP) is 2.83. The average Bonchev–Trinajstić information content (AvgIpc) is 2.65. The van der Waals surface area contributed by atoms with Crippen molar-refractivity contribution in [3.8, 4) is 0 Å². The van der Waals surface area contributed by atoms with Gasteiger partial charge in [-0.3, -0.25) is 4.98 Å². The van der Waals surface area contributed by atoms with E-state index in [9.17, 15) is 5.11 Å². The number of rotatable bonds is 2. The second-order valence-corrected chi connectivity index (χ2v) is 4.01. The van der Waals surface area contributed by atoms with Gasteiger partial charge in [0.05, 0.1) is 6.26 Å². The van der Waals surface area contributed by atoms with Crippen molar-refractivity contribution in [2.24, 2.45) is 0 Å². The molecule has 78 valence electrons. The number of nitrogens with zero attached hydrogens (tertiary/aromatic N) is 1. The molecule has 0 aliphatic rings. The number of aromatic nitrogens is 1. The molecule has 0 spiro atoms. The van der Waals surface area contributed by atoms with Crippen LogP contribution in [-0.4, -0.2) is 10.1 Å². The van der Waals surface area contributed by atoms with Crippen molar-refractivity contribution in [2.45, 2.75) is 13.0 Å². The van der Waals surface area contributed by atoms with Crippen molar-refractivity contribution in [3.63, 3.8) is 0 Å². The molecule has 1 unspecified atom stereocenters. The molecule has 15 heavy (non-hydrogen) atoms. The fraction of sp³-hybridized carbons (Fsp3) is 0.182. The van der Waals surface area contributed by atoms with Gasteiger partial charge in [-0.2, -0.15) is 0 Å². The van der Waals surface area contributed by atoms with Crippen LogP contribution in [-0.2, 0) is 0 Å². The number of aliphatic hydroxyl groups is 1. The van der Waals surface area contributed by atoms with Crippen LogP contribution < -0.4 is 0 Å². The first-order valence-electron chi connectivity index (χ1n) is 4.52. The first kappa shape index (κ1) is 10.4. The molecule has 0 bridgehead atoms. The van der Waals surface area contributed by atoms with E-state index in [1.165, 1.54) is 6.26 Å². The highest BCUT2D eigenvalue weighted by molar-refractivity contribution is 9.10. The Morgan fingerprint density at radius 2 is 2.20 bits per heavy atom. The Morgan fingerprint density at radius 1 is 1.40 bits per heavy atom. The molecule has 3 nitrogen and oxygen atoms in total. The number of aliphatic hydroxyl groups excluding tert-OH is 1. The van der Waals surface area contributed by atoms with E-state index >= 15 is 0 Å². The Hall–Kier alpha value is -1.13. The van der Waals surface area contributed by atoms with Gasteiger partial charge in [-0.25, -0.2) is 0 Å². The van der Waals surface area contributed by atoms with Crippen LogP contribution in [0.25, 0.3) is 0 Å². The van der Waals surface area contributed by atoms with Crippen LogP contribution in [0.2, 0.25) is 0 Å². The summed E-state index contributed by atoms with van der Waals surface area (Å²) in [6.45, 7) is 1.91. The van der Waals surface area contributed by atoms with E-state index in [-0.39, 0.29) is 0 Å². The normalized spacial score (nSPS) is 12.7. The zero-order valence-electron chi connectivity index (χ0n) is 8.14. The SMILES string of the molecule is Cc1ccc(C(O)c2ccoc2Br)cn1. The van der Waals surface area contributed by atoms with Crippen LogP contribution in [0, 0.1) is 6.92 Å². The third kappa shape index (κ3) is 2.11. The second-order valence-electron chi connectivity index (χ2n) is 3.29. The van der Waals surface area contributed by atoms with Crippen LogP contribution in [0.1, 0.15) is 22.9 Å². The smallest absolute Gasteiger partial charge is 0.175 e. The summed E-state index contributed by atoms with van der Waals surface area (Å²) in [7, 11) is 0. The Balaban J connectivity index is 2.32. The van der Waals surface area contributed by atoms with Crippen LogP contribution in [0.3, 0.4) is 0 Å². The highest BCUT2D eigenvalue weighted by Gasteiger charge is 2.15. The third-order valence-electron chi connectivity index (χ3n) is 2.19. The van der Waals surface area contributed by atoms with E-state index in [2.05, 4.69) is 20.9 Å². The molecule has 0 radical (unpaired) electrons. The van der Waals surface area contributed by atoms with Crippen LogP contribution in [0.15, 0.2) is 39.7 Å². The zero-order chi connectivity index (χ0) is 10.8. The van der Waals surface area contributed by atoms with Gasteiger partial charge in [0.2, 0.25) is 0 Å². The van der Waals surface area contributed by atoms with Crippen molar-refractivity contribution in [3.05, 3.63) is 52.1 Å². The molecule has 4 heteroatoms. The lowest BCUT2D eigenvalue weighted by Gasteiger charge is -2.08. The Labute approximate surface area is 95.9 Å². The largest absolute Gasteiger partial charge is 0.457 e. The molecule has 0 aliphatic carbocycles. The number of hydrogen-bond donors (Lipinski definition) is 1. The Bertz CT molecular complexity index is 450. The maximum absolute atomic E-state index is 10.0. The van der Waals surface area contributed by atoms with E-state index in [1.54, 1.807) is 12.3 Å². The van der Waals surface area contributed by atoms with Gasteiger partial charge in [-0.1, -0.05) is 6.07 Å². The fourth-order valence-electron chi connectivity index (χ4n) is 1.32. The van der Waals surface area contributed by atoms with E-state index in [1.807, 2.05) is 19.1 Å². The van der Waals surface area contributed by atoms with Crippen molar-refractivity contribution < 1.29 is 9.52 Å². The van der Waals surface area contributed by atoms with Crippen LogP contribution in [0.4, 0.5) is 0 Å². The predicted molar refractivity (Wildman–Crippen MR) is 59.4 cm³/mol. The van der Waals surface area contributed by atoms with Gasteiger partial charge in [0.25, 0.3) is 0 Å². The number of halogens is 1. The first-order chi connectivity index (χ1) is 7.18. The van der Waals surface area contributed by atoms with Gasteiger partial charge in [-0.05, 0) is 35.0 Å². The summed E-state index contributed by atoms with van der Waals surface area (Å²) in [6.07, 6.45) is 2.50. The van der Waals surface area contributed by atoms with Crippen molar-refractivity contribution in [1.82, 2.24) is 4.98 Å². The maximum Gasteiger partial charge on any atom is 0.175 e. The summed E-state index contributed by atoms with van der Waals surface area (Å²) in [5.41, 5.74) is 2.39. The standard InChI is InChI=1S/C11H10BrNO2/c1-7-2-3-8(6-13-7)10(14)9-4-5-15-11(9)12/h2-6,10,14H,1H3. The second kappa shape index (κ2) is 4.16. The lowest BCUT2D eigenvalue weighted by molar-refractivity contribution is 0.217. The van der Waals surface area contributed by atoms with Gasteiger partial charge < -0.3 is 9.52 Å². The van der Waals surface area contributed by atoms with Crippen molar-refractivity contribution in [1.29, 1.82) is 0 Å². The number of furan rings is 1. The summed E-state index contributed by atoms with van der Waals surface area (Å²) < 4.78 is 5.62. The van der Waals surface area contributed by atoms with Gasteiger partial charge in [0.15, 0.2) is 4.67 Å². The average molecular weight is 268 g/mol. The molecule has 0 amide bonds. The molecule has 2 aromatic heterocycles. The molecule has 0 aromatic carbocycles. The fourth-order valence-corrected chi connectivity index (χ4v) is 1.78. The van der Waals surface area contributed by atoms with Gasteiger partial charge in [-0.15, -0.1) is 0 Å². The molecule has 0 saturated carbocycles. The first-order valence-corrected chi connectivity index (χ1v) is 5.31. The molecule has 2 rings (SSSR count). The van der Waals surface area contributed by atoms with Gasteiger partial charge in [0.1, 0.15) is 6.10 Å². The highest BCUT2D eigenvalue weighted by Crippen LogP contribution is 2.28. The van der Waals surface area contributed by atoms with E-state index in [0.717, 1.165) is 11.3 Å². The molecule has 1 atom stereocenters. The van der Waals surface area contributed by atoms with Crippen LogP contribution in [0.5, 0.6) is 0 Å². The zero-order valence-corrected chi connectivity index (χ0v) is 9.73. The van der Waals surface area contributed by atoms with Crippen molar-refractivity contribution in [2.75, 3.05) is 0 Å². The summed E-state index contributed by atoms with van der Waals surface area (Å²) in [5.74, 6) is 0. The Kier molecular flexibility index (Phi) is 2.88. The summed E-state index contributed by atoms with van der Waals surface area (Å²) in [5, 5.41) is 10.0. The molecule has 1 N–H and O–H groups in total. The van der Waals surface area contributed by atoms with Crippen molar-refractivity contribution >= 4 is 15.9 Å². The molecule has 0 saturated heterocycles. The highest BCUT2D eigenvalue weighted by atomic mass is 79.9. The number of hydrogen-bond acceptors (Lipinski definition) is 3. The molecule has 0 aliphatic heterocycles. The van der Waals surface area contributed by atoms with Crippen LogP contribution >= 0.6 is 15.9 Å². The quantitative estimate of drug-likeness (QED) is 0.910. The number of pyridine rings is 1. The van der Waals surface area contributed by atoms with E-state index in [0.29, 0.717) is 10.2 Å². The lowest BCUT2D eigenvalue weighted by Crippen LogP contribution is -1.99. The molecule has 0 fully saturated rings. The minimum absolute atomic E-state index is 0.551. The van der Waals surface area contributed by atoms with E-state index < -0.39 is 6.10 Å². The molecule has 2 heterocycles. The third-order valence-corrected chi connectivity index (χ3v) is 2.84. The minimum Gasteiger partial charge on any atom is -0.457 e. The molecular weight excluding hydrogens is 258 g/mol. The maximum atomic E-state index is 10.0. The van der Waals surface area contributed by atoms with Gasteiger partial charge in [0, 0.05) is 23.0 Å². The van der Waals surface area contributed by atoms with Gasteiger partial charge >= 0.3 is 0 Å².